The molecule has 1 fully saturated rings. The van der Waals surface area contributed by atoms with Gasteiger partial charge in [0, 0.05) is 0 Å². The topological polar surface area (TPSA) is 132 Å². The Bertz CT molecular complexity index is 441. The van der Waals surface area contributed by atoms with Crippen LogP contribution in [0.1, 0.15) is 0 Å². The van der Waals surface area contributed by atoms with E-state index in [1.54, 1.807) is 0 Å². The van der Waals surface area contributed by atoms with Gasteiger partial charge in [0.15, 0.2) is 0 Å². The van der Waals surface area contributed by atoms with Gasteiger partial charge in [-0.25, -0.2) is 0 Å². The van der Waals surface area contributed by atoms with E-state index in [2.05, 4.69) is 22.8 Å². The van der Waals surface area contributed by atoms with Crippen molar-refractivity contribution in [2.45, 2.75) is 0 Å². The average Bonchev–Trinajstić information content (AvgIpc) is 2.49. The van der Waals surface area contributed by atoms with Gasteiger partial charge in [-0.2, -0.15) is 0 Å². The van der Waals surface area contributed by atoms with Crippen LogP contribution in [-0.4, -0.2) is 37.5 Å². The average molecular weight is 286 g/mol. The summed E-state index contributed by atoms with van der Waals surface area (Å²) in [5.74, 6) is -7.52. The van der Waals surface area contributed by atoms with Crippen LogP contribution in [0, 0.1) is 0 Å². The number of hydrogen-bond acceptors (Lipinski definition) is 10. The molecule has 0 aliphatic carbocycles. The molecule has 1 aliphatic rings. The third-order valence-corrected chi connectivity index (χ3v) is 3.22. The molecule has 1 heterocycles. The van der Waals surface area contributed by atoms with Crippen molar-refractivity contribution in [3.05, 3.63) is 0 Å². The summed E-state index contributed by atoms with van der Waals surface area (Å²) < 4.78 is 32.7. The zero-order valence-corrected chi connectivity index (χ0v) is 9.38. The van der Waals surface area contributed by atoms with Crippen molar-refractivity contribution < 1.29 is 51.0 Å². The zero-order chi connectivity index (χ0) is 14.0. The van der Waals surface area contributed by atoms with Gasteiger partial charge in [-0.15, -0.1) is 0 Å². The quantitative estimate of drug-likeness (QED) is 0.277. The Morgan fingerprint density at radius 3 is 2.11 bits per heavy atom. The van der Waals surface area contributed by atoms with Crippen molar-refractivity contribution in [1.29, 1.82) is 0 Å². The van der Waals surface area contributed by atoms with Gasteiger partial charge in [-0.1, -0.05) is 0 Å². The molecule has 1 aliphatic heterocycles. The molecule has 0 aromatic heterocycles. The van der Waals surface area contributed by atoms with Gasteiger partial charge >= 0.3 is 96.3 Å². The molecule has 100 valence electrons. The summed E-state index contributed by atoms with van der Waals surface area (Å²) in [6, 6.07) is 0. The summed E-state index contributed by atoms with van der Waals surface area (Å²) in [7, 11) is -5.84. The van der Waals surface area contributed by atoms with E-state index in [1.165, 1.54) is 0 Å². The number of halogens is 1. The number of carbonyl (C=O) groups excluding carboxylic acids is 5. The van der Waals surface area contributed by atoms with Crippen LogP contribution in [0.25, 0.3) is 0 Å². The number of methoxy groups -OCH3 is 1. The van der Waals surface area contributed by atoms with Crippen molar-refractivity contribution in [3.63, 3.8) is 0 Å². The van der Waals surface area contributed by atoms with Crippen molar-refractivity contribution in [1.82, 2.24) is 0 Å². The SMILES string of the molecule is COC(=O)C(=O)OP1(F)(OC=O)OC(=O)C(=O)O1. The maximum absolute atomic E-state index is 14.1. The van der Waals surface area contributed by atoms with E-state index in [9.17, 15) is 28.2 Å². The first-order valence-electron chi connectivity index (χ1n) is 3.91. The third-order valence-electron chi connectivity index (χ3n) is 1.42. The summed E-state index contributed by atoms with van der Waals surface area (Å²) in [6.07, 6.45) is 0. The van der Waals surface area contributed by atoms with Crippen LogP contribution in [0.5, 0.6) is 0 Å². The van der Waals surface area contributed by atoms with Crippen molar-refractivity contribution in [2.75, 3.05) is 7.11 Å². The molecule has 0 saturated carbocycles. The minimum absolute atomic E-state index is 0.631. The monoisotopic (exact) mass is 286 g/mol. The van der Waals surface area contributed by atoms with Crippen molar-refractivity contribution in [3.8, 4) is 0 Å². The minimum atomic E-state index is -6.60. The fraction of sp³-hybridized carbons (Fsp3) is 0.167. The van der Waals surface area contributed by atoms with Gasteiger partial charge in [0.1, 0.15) is 0 Å². The Labute approximate surface area is 97.2 Å². The van der Waals surface area contributed by atoms with E-state index in [4.69, 9.17) is 0 Å². The van der Waals surface area contributed by atoms with E-state index in [1.807, 2.05) is 0 Å². The Morgan fingerprint density at radius 1 is 1.22 bits per heavy atom. The second-order valence-corrected chi connectivity index (χ2v) is 4.76. The maximum atomic E-state index is 14.1. The predicted molar refractivity (Wildman–Crippen MR) is 45.5 cm³/mol. The molecule has 18 heavy (non-hydrogen) atoms. The number of rotatable bonds is 3. The van der Waals surface area contributed by atoms with Gasteiger partial charge in [-0.05, 0) is 0 Å². The van der Waals surface area contributed by atoms with Crippen LogP contribution in [0.4, 0.5) is 4.20 Å². The van der Waals surface area contributed by atoms with Crippen molar-refractivity contribution in [2.24, 2.45) is 0 Å². The molecule has 10 nitrogen and oxygen atoms in total. The van der Waals surface area contributed by atoms with Gasteiger partial charge in [0.05, 0.1) is 0 Å². The number of ether oxygens (including phenoxy) is 1. The molecule has 1 rings (SSSR count). The van der Waals surface area contributed by atoms with Gasteiger partial charge in [-0.3, -0.25) is 0 Å². The molecule has 0 unspecified atom stereocenters. The summed E-state index contributed by atoms with van der Waals surface area (Å²) in [4.78, 5) is 53.1. The molecule has 0 amide bonds. The van der Waals surface area contributed by atoms with E-state index >= 15 is 0 Å². The molecular weight excluding hydrogens is 282 g/mol. The fourth-order valence-electron chi connectivity index (χ4n) is 0.783. The van der Waals surface area contributed by atoms with Gasteiger partial charge < -0.3 is 0 Å². The molecule has 0 spiro atoms. The second-order valence-electron chi connectivity index (χ2n) is 2.55. The Balaban J connectivity index is 3.05. The van der Waals surface area contributed by atoms with E-state index < -0.39 is 38.2 Å². The first-order chi connectivity index (χ1) is 8.24. The normalized spacial score (nSPS) is 21.6. The molecule has 0 aromatic carbocycles. The first kappa shape index (κ1) is 13.8. The van der Waals surface area contributed by atoms with Crippen LogP contribution >= 0.6 is 7.82 Å². The number of carbonyl (C=O) groups is 5. The van der Waals surface area contributed by atoms with Crippen LogP contribution in [0.2, 0.25) is 0 Å². The second kappa shape index (κ2) is 4.18. The van der Waals surface area contributed by atoms with Crippen LogP contribution < -0.4 is 0 Å². The van der Waals surface area contributed by atoms with E-state index in [0.29, 0.717) is 0 Å². The summed E-state index contributed by atoms with van der Waals surface area (Å²) >= 11 is 0. The summed E-state index contributed by atoms with van der Waals surface area (Å²) in [5, 5.41) is 0. The molecule has 0 bridgehead atoms. The Morgan fingerprint density at radius 2 is 1.72 bits per heavy atom. The molecule has 0 N–H and O–H groups in total. The predicted octanol–water partition coefficient (Wildman–Crippen LogP) is -0.927. The molecule has 0 radical (unpaired) electrons. The Kier molecular flexibility index (Phi) is 3.20. The summed E-state index contributed by atoms with van der Waals surface area (Å²) in [6.45, 7) is -0.631. The first-order valence-corrected chi connectivity index (χ1v) is 5.71. The Hall–Kier alpha value is -2.29. The molecular formula is C6H4FO10P. The van der Waals surface area contributed by atoms with Crippen LogP contribution in [-0.2, 0) is 46.8 Å². The number of hydrogen-bond donors (Lipinski definition) is 0. The van der Waals surface area contributed by atoms with E-state index in [0.717, 1.165) is 7.11 Å². The summed E-state index contributed by atoms with van der Waals surface area (Å²) in [5.41, 5.74) is 0. The van der Waals surface area contributed by atoms with Crippen molar-refractivity contribution >= 4 is 38.2 Å². The third kappa shape index (κ3) is 2.35. The molecule has 12 heteroatoms. The zero-order valence-electron chi connectivity index (χ0n) is 8.49. The van der Waals surface area contributed by atoms with Crippen LogP contribution in [0.15, 0.2) is 0 Å². The molecule has 1 saturated heterocycles. The van der Waals surface area contributed by atoms with Crippen LogP contribution in [0.3, 0.4) is 0 Å². The molecule has 0 atom stereocenters. The molecule has 0 aromatic rings. The van der Waals surface area contributed by atoms with Gasteiger partial charge in [0.2, 0.25) is 0 Å². The fourth-order valence-corrected chi connectivity index (χ4v) is 2.18. The van der Waals surface area contributed by atoms with E-state index in [-0.39, 0.29) is 0 Å². The number of esters is 1. The standard InChI is InChI=1S/C6H4FO10P/c1-13-3(9)4(10)15-18(7,14-2-8)16-5(11)6(12)17-18/h2H,1H3. The van der Waals surface area contributed by atoms with Gasteiger partial charge in [0.25, 0.3) is 0 Å².